The highest BCUT2D eigenvalue weighted by Crippen LogP contribution is 2.27. The maximum Gasteiger partial charge on any atom is 0.126 e. The van der Waals surface area contributed by atoms with Crippen LogP contribution >= 0.6 is 11.6 Å². The first-order valence-electron chi connectivity index (χ1n) is 5.08. The highest BCUT2D eigenvalue weighted by Gasteiger charge is 2.09. The molecule has 0 aliphatic carbocycles. The Morgan fingerprint density at radius 1 is 1.24 bits per heavy atom. The monoisotopic (exact) mass is 245 g/mol. The summed E-state index contributed by atoms with van der Waals surface area (Å²) in [4.78, 5) is 0. The Morgan fingerprint density at radius 3 is 2.65 bits per heavy atom. The van der Waals surface area contributed by atoms with Crippen LogP contribution in [0.15, 0.2) is 36.4 Å². The van der Waals surface area contributed by atoms with Gasteiger partial charge in [-0.3, -0.25) is 0 Å². The van der Waals surface area contributed by atoms with E-state index >= 15 is 0 Å². The zero-order chi connectivity index (χ0) is 12.4. The molecule has 0 saturated carbocycles. The number of aryl methyl sites for hydroxylation is 1. The molecule has 84 valence electrons. The van der Waals surface area contributed by atoms with Gasteiger partial charge in [-0.1, -0.05) is 23.7 Å². The molecule has 0 bridgehead atoms. The van der Waals surface area contributed by atoms with E-state index in [2.05, 4.69) is 6.07 Å². The Labute approximate surface area is 104 Å². The smallest absolute Gasteiger partial charge is 0.126 e. The van der Waals surface area contributed by atoms with Crippen molar-refractivity contribution in [1.29, 1.82) is 5.26 Å². The van der Waals surface area contributed by atoms with E-state index in [1.54, 1.807) is 37.3 Å². The third-order valence-corrected chi connectivity index (χ3v) is 2.79. The Bertz CT molecular complexity index is 614. The van der Waals surface area contributed by atoms with Crippen LogP contribution in [0.25, 0.3) is 11.1 Å². The van der Waals surface area contributed by atoms with Gasteiger partial charge < -0.3 is 0 Å². The van der Waals surface area contributed by atoms with E-state index in [0.717, 1.165) is 5.56 Å². The van der Waals surface area contributed by atoms with Crippen LogP contribution in [0.1, 0.15) is 11.1 Å². The SMILES string of the molecule is Cc1cc(C#N)c(-c2cccc(Cl)c2)cc1F. The molecule has 2 aromatic rings. The molecule has 0 fully saturated rings. The van der Waals surface area contributed by atoms with Crippen molar-refractivity contribution in [2.45, 2.75) is 6.92 Å². The fourth-order valence-corrected chi connectivity index (χ4v) is 1.86. The first-order chi connectivity index (χ1) is 8.11. The molecule has 0 radical (unpaired) electrons. The van der Waals surface area contributed by atoms with Gasteiger partial charge in [-0.25, -0.2) is 4.39 Å². The first-order valence-corrected chi connectivity index (χ1v) is 5.46. The van der Waals surface area contributed by atoms with Crippen LogP contribution in [0.5, 0.6) is 0 Å². The van der Waals surface area contributed by atoms with Gasteiger partial charge in [-0.15, -0.1) is 0 Å². The topological polar surface area (TPSA) is 23.8 Å². The standard InChI is InChI=1S/C14H9ClFN/c1-9-5-11(8-17)13(7-14(9)16)10-3-2-4-12(15)6-10/h2-7H,1H3. The van der Waals surface area contributed by atoms with Crippen LogP contribution in [0, 0.1) is 24.1 Å². The second-order valence-corrected chi connectivity index (χ2v) is 4.21. The highest BCUT2D eigenvalue weighted by molar-refractivity contribution is 6.30. The van der Waals surface area contributed by atoms with Crippen molar-refractivity contribution >= 4 is 11.6 Å². The fourth-order valence-electron chi connectivity index (χ4n) is 1.67. The average molecular weight is 246 g/mol. The van der Waals surface area contributed by atoms with Gasteiger partial charge in [-0.2, -0.15) is 5.26 Å². The average Bonchev–Trinajstić information content (AvgIpc) is 2.32. The van der Waals surface area contributed by atoms with Gasteiger partial charge >= 0.3 is 0 Å². The Morgan fingerprint density at radius 2 is 2.00 bits per heavy atom. The summed E-state index contributed by atoms with van der Waals surface area (Å²) in [5, 5.41) is 9.62. The van der Waals surface area contributed by atoms with Gasteiger partial charge in [0, 0.05) is 10.6 Å². The molecule has 0 unspecified atom stereocenters. The Balaban J connectivity index is 2.67. The van der Waals surface area contributed by atoms with Crippen molar-refractivity contribution in [3.63, 3.8) is 0 Å². The molecule has 17 heavy (non-hydrogen) atoms. The normalized spacial score (nSPS) is 10.0. The molecule has 0 saturated heterocycles. The molecule has 2 rings (SSSR count). The molecular formula is C14H9ClFN. The highest BCUT2D eigenvalue weighted by atomic mass is 35.5. The van der Waals surface area contributed by atoms with E-state index in [1.165, 1.54) is 6.07 Å². The lowest BCUT2D eigenvalue weighted by molar-refractivity contribution is 0.619. The van der Waals surface area contributed by atoms with E-state index in [1.807, 2.05) is 0 Å². The lowest BCUT2D eigenvalue weighted by atomic mass is 9.98. The molecule has 0 aromatic heterocycles. The number of nitrogens with zero attached hydrogens (tertiary/aromatic N) is 1. The number of hydrogen-bond acceptors (Lipinski definition) is 1. The minimum absolute atomic E-state index is 0.320. The summed E-state index contributed by atoms with van der Waals surface area (Å²) in [5.74, 6) is -0.320. The third kappa shape index (κ3) is 2.30. The third-order valence-electron chi connectivity index (χ3n) is 2.55. The van der Waals surface area contributed by atoms with Crippen molar-refractivity contribution in [3.8, 4) is 17.2 Å². The molecule has 3 heteroatoms. The number of halogens is 2. The predicted octanol–water partition coefficient (Wildman–Crippen LogP) is 4.33. The van der Waals surface area contributed by atoms with E-state index in [9.17, 15) is 4.39 Å². The summed E-state index contributed by atoms with van der Waals surface area (Å²) in [6, 6.07) is 12.0. The minimum atomic E-state index is -0.320. The Kier molecular flexibility index (Phi) is 3.12. The number of nitriles is 1. The largest absolute Gasteiger partial charge is 0.207 e. The molecule has 0 atom stereocenters. The van der Waals surface area contributed by atoms with Crippen LogP contribution in [-0.2, 0) is 0 Å². The summed E-state index contributed by atoms with van der Waals surface area (Å²) >= 11 is 5.88. The van der Waals surface area contributed by atoms with Crippen LogP contribution in [0.3, 0.4) is 0 Å². The molecule has 0 aliphatic rings. The van der Waals surface area contributed by atoms with Crippen LogP contribution < -0.4 is 0 Å². The molecule has 0 amide bonds. The van der Waals surface area contributed by atoms with Crippen molar-refractivity contribution in [2.75, 3.05) is 0 Å². The maximum absolute atomic E-state index is 13.5. The van der Waals surface area contributed by atoms with Crippen LogP contribution in [-0.4, -0.2) is 0 Å². The zero-order valence-electron chi connectivity index (χ0n) is 9.17. The quantitative estimate of drug-likeness (QED) is 0.734. The summed E-state index contributed by atoms with van der Waals surface area (Å²) in [7, 11) is 0. The van der Waals surface area contributed by atoms with Crippen molar-refractivity contribution in [1.82, 2.24) is 0 Å². The van der Waals surface area contributed by atoms with E-state index in [4.69, 9.17) is 16.9 Å². The van der Waals surface area contributed by atoms with Crippen molar-refractivity contribution in [3.05, 3.63) is 58.4 Å². The van der Waals surface area contributed by atoms with Gasteiger partial charge in [0.1, 0.15) is 5.82 Å². The summed E-state index contributed by atoms with van der Waals surface area (Å²) in [6.07, 6.45) is 0. The van der Waals surface area contributed by atoms with Gasteiger partial charge in [0.25, 0.3) is 0 Å². The lowest BCUT2D eigenvalue weighted by Crippen LogP contribution is -1.90. The molecular weight excluding hydrogens is 237 g/mol. The number of hydrogen-bond donors (Lipinski definition) is 0. The van der Waals surface area contributed by atoms with E-state index < -0.39 is 0 Å². The summed E-state index contributed by atoms with van der Waals surface area (Å²) in [6.45, 7) is 1.64. The van der Waals surface area contributed by atoms with Gasteiger partial charge in [0.2, 0.25) is 0 Å². The van der Waals surface area contributed by atoms with Gasteiger partial charge in [0.15, 0.2) is 0 Å². The summed E-state index contributed by atoms with van der Waals surface area (Å²) in [5.41, 5.74) is 2.23. The van der Waals surface area contributed by atoms with Gasteiger partial charge in [0.05, 0.1) is 11.6 Å². The Hall–Kier alpha value is -1.85. The molecule has 0 heterocycles. The van der Waals surface area contributed by atoms with E-state index in [0.29, 0.717) is 21.7 Å². The fraction of sp³-hybridized carbons (Fsp3) is 0.0714. The van der Waals surface area contributed by atoms with Crippen LogP contribution in [0.4, 0.5) is 4.39 Å². The van der Waals surface area contributed by atoms with Gasteiger partial charge in [-0.05, 0) is 42.3 Å². The van der Waals surface area contributed by atoms with Crippen LogP contribution in [0.2, 0.25) is 5.02 Å². The van der Waals surface area contributed by atoms with Crippen molar-refractivity contribution in [2.24, 2.45) is 0 Å². The lowest BCUT2D eigenvalue weighted by Gasteiger charge is -2.07. The predicted molar refractivity (Wildman–Crippen MR) is 66.3 cm³/mol. The molecule has 0 N–H and O–H groups in total. The molecule has 0 spiro atoms. The zero-order valence-corrected chi connectivity index (χ0v) is 9.92. The second kappa shape index (κ2) is 4.57. The molecule has 1 nitrogen and oxygen atoms in total. The first kappa shape index (κ1) is 11.6. The second-order valence-electron chi connectivity index (χ2n) is 3.77. The summed E-state index contributed by atoms with van der Waals surface area (Å²) < 4.78 is 13.5. The minimum Gasteiger partial charge on any atom is -0.207 e. The van der Waals surface area contributed by atoms with Crippen molar-refractivity contribution < 1.29 is 4.39 Å². The number of benzene rings is 2. The molecule has 0 aliphatic heterocycles. The maximum atomic E-state index is 13.5. The number of rotatable bonds is 1. The van der Waals surface area contributed by atoms with E-state index in [-0.39, 0.29) is 5.82 Å². The molecule has 2 aromatic carbocycles.